The molecule has 7 heteroatoms. The summed E-state index contributed by atoms with van der Waals surface area (Å²) in [6.07, 6.45) is 6.10. The van der Waals surface area contributed by atoms with Crippen LogP contribution in [0.5, 0.6) is 11.5 Å². The molecule has 2 heterocycles. The van der Waals surface area contributed by atoms with Crippen LogP contribution in [0.3, 0.4) is 0 Å². The monoisotopic (exact) mass is 452 g/mol. The van der Waals surface area contributed by atoms with Gasteiger partial charge < -0.3 is 14.6 Å². The molecule has 5 rings (SSSR count). The maximum absolute atomic E-state index is 13.3. The van der Waals surface area contributed by atoms with Gasteiger partial charge in [-0.2, -0.15) is 0 Å². The molecule has 0 spiro atoms. The SMILES string of the molecule is Fc1cccc(Oc2ccc(CNc3ncnc4c3c(Br)cn4C3CC3)cc2)c1. The normalized spacial score (nSPS) is 13.6. The molecule has 5 nitrogen and oxygen atoms in total. The summed E-state index contributed by atoms with van der Waals surface area (Å²) in [5.41, 5.74) is 2.04. The molecule has 1 aliphatic carbocycles. The van der Waals surface area contributed by atoms with E-state index in [0.29, 0.717) is 24.1 Å². The Morgan fingerprint density at radius 1 is 1.10 bits per heavy atom. The minimum atomic E-state index is -0.318. The van der Waals surface area contributed by atoms with Gasteiger partial charge in [0.2, 0.25) is 0 Å². The highest BCUT2D eigenvalue weighted by Crippen LogP contribution is 2.41. The van der Waals surface area contributed by atoms with Crippen LogP contribution in [0.4, 0.5) is 10.2 Å². The number of nitrogens with zero attached hydrogens (tertiary/aromatic N) is 3. The molecule has 2 aromatic heterocycles. The summed E-state index contributed by atoms with van der Waals surface area (Å²) in [4.78, 5) is 8.91. The number of halogens is 2. The summed E-state index contributed by atoms with van der Waals surface area (Å²) in [7, 11) is 0. The number of aromatic nitrogens is 3. The quantitative estimate of drug-likeness (QED) is 0.385. The van der Waals surface area contributed by atoms with E-state index in [-0.39, 0.29) is 5.82 Å². The molecule has 4 aromatic rings. The van der Waals surface area contributed by atoms with Crippen molar-refractivity contribution in [3.05, 3.63) is 76.9 Å². The minimum Gasteiger partial charge on any atom is -0.457 e. The number of fused-ring (bicyclic) bond motifs is 1. The van der Waals surface area contributed by atoms with Gasteiger partial charge in [0.05, 0.1) is 5.39 Å². The standard InChI is InChI=1S/C22H18BrFN4O/c23-19-12-28(16-6-7-16)22-20(19)21(26-13-27-22)25-11-14-4-8-17(9-5-14)29-18-3-1-2-15(24)10-18/h1-5,8-10,12-13,16H,6-7,11H2,(H,25,26,27). The summed E-state index contributed by atoms with van der Waals surface area (Å²) in [6, 6.07) is 14.4. The first kappa shape index (κ1) is 18.1. The topological polar surface area (TPSA) is 52.0 Å². The Kier molecular flexibility index (Phi) is 4.67. The van der Waals surface area contributed by atoms with Gasteiger partial charge in [0.25, 0.3) is 0 Å². The molecular weight excluding hydrogens is 435 g/mol. The molecule has 1 aliphatic rings. The van der Waals surface area contributed by atoms with E-state index in [1.54, 1.807) is 18.5 Å². The van der Waals surface area contributed by atoms with Crippen molar-refractivity contribution in [1.82, 2.24) is 14.5 Å². The second-order valence-electron chi connectivity index (χ2n) is 7.09. The van der Waals surface area contributed by atoms with E-state index in [0.717, 1.165) is 26.9 Å². The Balaban J connectivity index is 1.30. The van der Waals surface area contributed by atoms with E-state index in [2.05, 4.69) is 42.0 Å². The lowest BCUT2D eigenvalue weighted by molar-refractivity contribution is 0.476. The van der Waals surface area contributed by atoms with Crippen LogP contribution in [-0.2, 0) is 6.54 Å². The van der Waals surface area contributed by atoms with E-state index in [1.165, 1.54) is 25.0 Å². The zero-order valence-electron chi connectivity index (χ0n) is 15.5. The Hall–Kier alpha value is -2.93. The van der Waals surface area contributed by atoms with Crippen LogP contribution in [0.2, 0.25) is 0 Å². The van der Waals surface area contributed by atoms with Crippen molar-refractivity contribution in [1.29, 1.82) is 0 Å². The summed E-state index contributed by atoms with van der Waals surface area (Å²) in [6.45, 7) is 0.618. The average Bonchev–Trinajstić information content (AvgIpc) is 3.51. The third kappa shape index (κ3) is 3.82. The predicted molar refractivity (Wildman–Crippen MR) is 114 cm³/mol. The van der Waals surface area contributed by atoms with E-state index in [9.17, 15) is 4.39 Å². The second kappa shape index (κ2) is 7.48. The summed E-state index contributed by atoms with van der Waals surface area (Å²) in [5.74, 6) is 1.62. The summed E-state index contributed by atoms with van der Waals surface area (Å²) in [5, 5.41) is 4.41. The van der Waals surface area contributed by atoms with E-state index in [4.69, 9.17) is 4.74 Å². The minimum absolute atomic E-state index is 0.318. The van der Waals surface area contributed by atoms with E-state index >= 15 is 0 Å². The predicted octanol–water partition coefficient (Wildman–Crippen LogP) is 6.07. The van der Waals surface area contributed by atoms with Crippen molar-refractivity contribution < 1.29 is 9.13 Å². The van der Waals surface area contributed by atoms with Crippen LogP contribution >= 0.6 is 15.9 Å². The molecule has 0 amide bonds. The maximum Gasteiger partial charge on any atom is 0.146 e. The zero-order valence-corrected chi connectivity index (χ0v) is 17.1. The lowest BCUT2D eigenvalue weighted by atomic mass is 10.2. The molecule has 0 radical (unpaired) electrons. The molecule has 2 aromatic carbocycles. The Morgan fingerprint density at radius 2 is 1.93 bits per heavy atom. The number of anilines is 1. The van der Waals surface area contributed by atoms with Crippen molar-refractivity contribution in [2.45, 2.75) is 25.4 Å². The lowest BCUT2D eigenvalue weighted by Crippen LogP contribution is -2.03. The Bertz CT molecular complexity index is 1170. The Labute approximate surface area is 175 Å². The van der Waals surface area contributed by atoms with Gasteiger partial charge in [-0.25, -0.2) is 14.4 Å². The first-order chi connectivity index (χ1) is 14.2. The van der Waals surface area contributed by atoms with Crippen LogP contribution in [0.15, 0.2) is 65.5 Å². The number of benzene rings is 2. The van der Waals surface area contributed by atoms with Gasteiger partial charge in [-0.15, -0.1) is 0 Å². The molecule has 0 bridgehead atoms. The molecule has 0 unspecified atom stereocenters. The Morgan fingerprint density at radius 3 is 2.69 bits per heavy atom. The van der Waals surface area contributed by atoms with Crippen molar-refractivity contribution in [3.63, 3.8) is 0 Å². The molecule has 0 saturated heterocycles. The van der Waals surface area contributed by atoms with Crippen molar-refractivity contribution in [2.75, 3.05) is 5.32 Å². The lowest BCUT2D eigenvalue weighted by Gasteiger charge is -2.09. The number of ether oxygens (including phenoxy) is 1. The molecule has 0 aliphatic heterocycles. The van der Waals surface area contributed by atoms with Crippen LogP contribution in [0.25, 0.3) is 11.0 Å². The molecule has 146 valence electrons. The van der Waals surface area contributed by atoms with Crippen LogP contribution in [0, 0.1) is 5.82 Å². The largest absolute Gasteiger partial charge is 0.457 e. The smallest absolute Gasteiger partial charge is 0.146 e. The van der Waals surface area contributed by atoms with E-state index in [1.807, 2.05) is 24.3 Å². The van der Waals surface area contributed by atoms with Crippen LogP contribution in [-0.4, -0.2) is 14.5 Å². The fourth-order valence-corrected chi connectivity index (χ4v) is 3.92. The molecule has 1 N–H and O–H groups in total. The summed E-state index contributed by atoms with van der Waals surface area (Å²) < 4.78 is 22.2. The fourth-order valence-electron chi connectivity index (χ4n) is 3.33. The van der Waals surface area contributed by atoms with E-state index < -0.39 is 0 Å². The molecular formula is C22H18BrFN4O. The van der Waals surface area contributed by atoms with Gasteiger partial charge in [0.15, 0.2) is 0 Å². The maximum atomic E-state index is 13.3. The third-order valence-corrected chi connectivity index (χ3v) is 5.52. The van der Waals surface area contributed by atoms with Gasteiger partial charge >= 0.3 is 0 Å². The average molecular weight is 453 g/mol. The molecule has 1 saturated carbocycles. The van der Waals surface area contributed by atoms with Gasteiger partial charge in [0, 0.05) is 29.3 Å². The second-order valence-corrected chi connectivity index (χ2v) is 7.95. The van der Waals surface area contributed by atoms with Gasteiger partial charge in [0.1, 0.15) is 35.1 Å². The number of hydrogen-bond donors (Lipinski definition) is 1. The number of nitrogens with one attached hydrogen (secondary N) is 1. The molecule has 0 atom stereocenters. The highest BCUT2D eigenvalue weighted by Gasteiger charge is 2.27. The van der Waals surface area contributed by atoms with Gasteiger partial charge in [-0.05, 0) is 58.6 Å². The highest BCUT2D eigenvalue weighted by atomic mass is 79.9. The zero-order chi connectivity index (χ0) is 19.8. The molecule has 29 heavy (non-hydrogen) atoms. The molecule has 1 fully saturated rings. The van der Waals surface area contributed by atoms with Crippen molar-refractivity contribution >= 4 is 32.8 Å². The first-order valence-electron chi connectivity index (χ1n) is 9.44. The van der Waals surface area contributed by atoms with Crippen molar-refractivity contribution in [2.24, 2.45) is 0 Å². The highest BCUT2D eigenvalue weighted by molar-refractivity contribution is 9.10. The number of rotatable bonds is 6. The van der Waals surface area contributed by atoms with Crippen molar-refractivity contribution in [3.8, 4) is 11.5 Å². The fraction of sp³-hybridized carbons (Fsp3) is 0.182. The first-order valence-corrected chi connectivity index (χ1v) is 10.2. The number of hydrogen-bond acceptors (Lipinski definition) is 4. The van der Waals surface area contributed by atoms with Crippen LogP contribution < -0.4 is 10.1 Å². The van der Waals surface area contributed by atoms with Gasteiger partial charge in [-0.3, -0.25) is 0 Å². The third-order valence-electron chi connectivity index (χ3n) is 4.92. The van der Waals surface area contributed by atoms with Crippen LogP contribution in [0.1, 0.15) is 24.4 Å². The summed E-state index contributed by atoms with van der Waals surface area (Å²) >= 11 is 3.65. The van der Waals surface area contributed by atoms with Gasteiger partial charge in [-0.1, -0.05) is 18.2 Å².